The first kappa shape index (κ1) is 13.2. The van der Waals surface area contributed by atoms with Crippen molar-refractivity contribution in [1.82, 2.24) is 9.78 Å². The van der Waals surface area contributed by atoms with Crippen molar-refractivity contribution in [3.63, 3.8) is 0 Å². The summed E-state index contributed by atoms with van der Waals surface area (Å²) in [6.45, 7) is 8.85. The van der Waals surface area contributed by atoms with Crippen molar-refractivity contribution in [2.45, 2.75) is 53.1 Å². The zero-order valence-electron chi connectivity index (χ0n) is 12.2. The Balaban J connectivity index is 2.14. The van der Waals surface area contributed by atoms with Gasteiger partial charge in [0.2, 0.25) is 5.88 Å². The second-order valence-electron chi connectivity index (χ2n) is 6.58. The number of rotatable bonds is 2. The van der Waals surface area contributed by atoms with E-state index in [0.29, 0.717) is 17.0 Å². The summed E-state index contributed by atoms with van der Waals surface area (Å²) < 4.78 is 7.87. The number of nitrogen functional groups attached to an aromatic ring is 1. The predicted octanol–water partition coefficient (Wildman–Crippen LogP) is 2.90. The summed E-state index contributed by atoms with van der Waals surface area (Å²) in [6, 6.07) is 0. The quantitative estimate of drug-likeness (QED) is 0.879. The first-order valence-electron chi connectivity index (χ1n) is 6.74. The third-order valence-corrected chi connectivity index (χ3v) is 3.84. The van der Waals surface area contributed by atoms with E-state index in [0.717, 1.165) is 24.4 Å². The van der Waals surface area contributed by atoms with Crippen LogP contribution in [0.5, 0.6) is 5.88 Å². The molecule has 0 aromatic carbocycles. The third-order valence-electron chi connectivity index (χ3n) is 3.84. The highest BCUT2D eigenvalue weighted by atomic mass is 16.5. The lowest BCUT2D eigenvalue weighted by Crippen LogP contribution is -2.34. The monoisotopic (exact) mass is 251 g/mol. The Labute approximate surface area is 110 Å². The van der Waals surface area contributed by atoms with Crippen LogP contribution in [0.2, 0.25) is 0 Å². The van der Waals surface area contributed by atoms with E-state index in [4.69, 9.17) is 10.5 Å². The number of aromatic nitrogens is 2. The number of hydrogen-bond donors (Lipinski definition) is 1. The lowest BCUT2D eigenvalue weighted by Gasteiger charge is -2.38. The molecular weight excluding hydrogens is 226 g/mol. The standard InChI is InChI=1S/C14H25N3O/c1-9-6-11(8-14(3,4)7-9)18-13-12(15)10(2)16-17(13)5/h9,11H,6-8,15H2,1-5H3. The van der Waals surface area contributed by atoms with Gasteiger partial charge in [-0.05, 0) is 37.5 Å². The number of aryl methyl sites for hydroxylation is 2. The highest BCUT2D eigenvalue weighted by molar-refractivity contribution is 5.52. The minimum atomic E-state index is 0.251. The molecule has 0 amide bonds. The van der Waals surface area contributed by atoms with Gasteiger partial charge in [-0.3, -0.25) is 0 Å². The maximum Gasteiger partial charge on any atom is 0.236 e. The van der Waals surface area contributed by atoms with E-state index < -0.39 is 0 Å². The Morgan fingerprint density at radius 1 is 1.39 bits per heavy atom. The summed E-state index contributed by atoms with van der Waals surface area (Å²) in [7, 11) is 1.89. The molecule has 1 aromatic rings. The molecule has 0 aliphatic heterocycles. The SMILES string of the molecule is Cc1nn(C)c(OC2CC(C)CC(C)(C)C2)c1N. The van der Waals surface area contributed by atoms with Gasteiger partial charge in [-0.15, -0.1) is 0 Å². The normalized spacial score (nSPS) is 27.2. The van der Waals surface area contributed by atoms with Crippen molar-refractivity contribution in [3.05, 3.63) is 5.69 Å². The van der Waals surface area contributed by atoms with Gasteiger partial charge in [0.1, 0.15) is 11.8 Å². The van der Waals surface area contributed by atoms with Crippen molar-refractivity contribution in [2.24, 2.45) is 18.4 Å². The van der Waals surface area contributed by atoms with Crippen LogP contribution in [0.25, 0.3) is 0 Å². The molecule has 1 aromatic heterocycles. The summed E-state index contributed by atoms with van der Waals surface area (Å²) in [5.41, 5.74) is 7.88. The average molecular weight is 251 g/mol. The molecule has 102 valence electrons. The molecule has 4 nitrogen and oxygen atoms in total. The summed E-state index contributed by atoms with van der Waals surface area (Å²) in [6.07, 6.45) is 3.71. The van der Waals surface area contributed by atoms with Crippen molar-refractivity contribution in [1.29, 1.82) is 0 Å². The fourth-order valence-corrected chi connectivity index (χ4v) is 3.30. The Bertz CT molecular complexity index is 436. The summed E-state index contributed by atoms with van der Waals surface area (Å²) in [4.78, 5) is 0. The third kappa shape index (κ3) is 2.62. The number of nitrogens with two attached hydrogens (primary N) is 1. The summed E-state index contributed by atoms with van der Waals surface area (Å²) in [5.74, 6) is 1.43. The average Bonchev–Trinajstić information content (AvgIpc) is 2.42. The molecule has 0 saturated heterocycles. The van der Waals surface area contributed by atoms with Crippen LogP contribution in [0, 0.1) is 18.3 Å². The van der Waals surface area contributed by atoms with Crippen LogP contribution in [-0.4, -0.2) is 15.9 Å². The van der Waals surface area contributed by atoms with Crippen LogP contribution in [0.1, 0.15) is 45.7 Å². The van der Waals surface area contributed by atoms with Gasteiger partial charge in [-0.25, -0.2) is 4.68 Å². The van der Waals surface area contributed by atoms with E-state index in [-0.39, 0.29) is 6.10 Å². The van der Waals surface area contributed by atoms with Crippen LogP contribution in [0.4, 0.5) is 5.69 Å². The molecule has 1 fully saturated rings. The molecule has 2 rings (SSSR count). The van der Waals surface area contributed by atoms with Crippen LogP contribution in [0.3, 0.4) is 0 Å². The Hall–Kier alpha value is -1.19. The second kappa shape index (κ2) is 4.48. The Morgan fingerprint density at radius 2 is 2.06 bits per heavy atom. The number of nitrogens with zero attached hydrogens (tertiary/aromatic N) is 2. The molecule has 0 bridgehead atoms. The zero-order valence-corrected chi connectivity index (χ0v) is 12.2. The smallest absolute Gasteiger partial charge is 0.236 e. The number of ether oxygens (including phenoxy) is 1. The van der Waals surface area contributed by atoms with Gasteiger partial charge in [0.15, 0.2) is 0 Å². The first-order valence-corrected chi connectivity index (χ1v) is 6.74. The molecule has 2 unspecified atom stereocenters. The van der Waals surface area contributed by atoms with E-state index in [2.05, 4.69) is 25.9 Å². The maximum atomic E-state index is 6.12. The summed E-state index contributed by atoms with van der Waals surface area (Å²) in [5, 5.41) is 4.30. The highest BCUT2D eigenvalue weighted by Gasteiger charge is 2.34. The van der Waals surface area contributed by atoms with Crippen molar-refractivity contribution in [3.8, 4) is 5.88 Å². The molecule has 18 heavy (non-hydrogen) atoms. The minimum absolute atomic E-state index is 0.251. The molecule has 2 N–H and O–H groups in total. The predicted molar refractivity (Wildman–Crippen MR) is 73.6 cm³/mol. The van der Waals surface area contributed by atoms with Gasteiger partial charge in [0.25, 0.3) is 0 Å². The van der Waals surface area contributed by atoms with Gasteiger partial charge < -0.3 is 10.5 Å². The van der Waals surface area contributed by atoms with E-state index in [9.17, 15) is 0 Å². The fraction of sp³-hybridized carbons (Fsp3) is 0.786. The van der Waals surface area contributed by atoms with Crippen LogP contribution >= 0.6 is 0 Å². The molecule has 1 saturated carbocycles. The van der Waals surface area contributed by atoms with Gasteiger partial charge in [-0.1, -0.05) is 20.8 Å². The first-order chi connectivity index (χ1) is 8.28. The van der Waals surface area contributed by atoms with Gasteiger partial charge in [-0.2, -0.15) is 5.10 Å². The lowest BCUT2D eigenvalue weighted by atomic mass is 9.71. The number of hydrogen-bond acceptors (Lipinski definition) is 3. The summed E-state index contributed by atoms with van der Waals surface area (Å²) >= 11 is 0. The molecule has 1 aliphatic rings. The Kier molecular flexibility index (Phi) is 3.30. The van der Waals surface area contributed by atoms with Gasteiger partial charge in [0.05, 0.1) is 5.69 Å². The van der Waals surface area contributed by atoms with E-state index >= 15 is 0 Å². The molecule has 4 heteroatoms. The molecule has 1 aliphatic carbocycles. The second-order valence-corrected chi connectivity index (χ2v) is 6.58. The fourth-order valence-electron chi connectivity index (χ4n) is 3.30. The van der Waals surface area contributed by atoms with Crippen molar-refractivity contribution >= 4 is 5.69 Å². The van der Waals surface area contributed by atoms with Crippen molar-refractivity contribution in [2.75, 3.05) is 5.73 Å². The van der Waals surface area contributed by atoms with Crippen LogP contribution < -0.4 is 10.5 Å². The highest BCUT2D eigenvalue weighted by Crippen LogP contribution is 2.40. The molecule has 1 heterocycles. The van der Waals surface area contributed by atoms with E-state index in [1.165, 1.54) is 6.42 Å². The van der Waals surface area contributed by atoms with Crippen LogP contribution in [0.15, 0.2) is 0 Å². The maximum absolute atomic E-state index is 6.12. The molecule has 2 atom stereocenters. The number of anilines is 1. The molecule has 0 radical (unpaired) electrons. The van der Waals surface area contributed by atoms with E-state index in [1.54, 1.807) is 4.68 Å². The largest absolute Gasteiger partial charge is 0.473 e. The topological polar surface area (TPSA) is 53.1 Å². The van der Waals surface area contributed by atoms with Crippen LogP contribution in [-0.2, 0) is 7.05 Å². The van der Waals surface area contributed by atoms with Crippen molar-refractivity contribution < 1.29 is 4.74 Å². The van der Waals surface area contributed by atoms with Gasteiger partial charge >= 0.3 is 0 Å². The zero-order chi connectivity index (χ0) is 13.5. The van der Waals surface area contributed by atoms with E-state index in [1.807, 2.05) is 14.0 Å². The Morgan fingerprint density at radius 3 is 2.56 bits per heavy atom. The molecule has 0 spiro atoms. The lowest BCUT2D eigenvalue weighted by molar-refractivity contribution is 0.0509. The molecular formula is C14H25N3O. The van der Waals surface area contributed by atoms with Gasteiger partial charge in [0, 0.05) is 7.05 Å². The minimum Gasteiger partial charge on any atom is -0.473 e.